The van der Waals surface area contributed by atoms with Gasteiger partial charge in [-0.2, -0.15) is 0 Å². The van der Waals surface area contributed by atoms with Gasteiger partial charge in [-0.3, -0.25) is 0 Å². The standard InChI is InChI=1S/C12H19I/c1-11(2)7-6-9-12(3)8-4-5-10-13/h5,7-8,10H,4,6,9H2,1-3H3. The van der Waals surface area contributed by atoms with Crippen molar-refractivity contribution in [3.63, 3.8) is 0 Å². The molecule has 0 aliphatic carbocycles. The van der Waals surface area contributed by atoms with Crippen molar-refractivity contribution in [1.82, 2.24) is 0 Å². The van der Waals surface area contributed by atoms with E-state index in [9.17, 15) is 0 Å². The van der Waals surface area contributed by atoms with Crippen molar-refractivity contribution in [2.45, 2.75) is 40.0 Å². The van der Waals surface area contributed by atoms with E-state index in [4.69, 9.17) is 0 Å². The fraction of sp³-hybridized carbons (Fsp3) is 0.500. The third-order valence-corrected chi connectivity index (χ3v) is 2.29. The van der Waals surface area contributed by atoms with E-state index in [1.807, 2.05) is 0 Å². The normalized spacial score (nSPS) is 12.2. The highest BCUT2D eigenvalue weighted by Gasteiger charge is 1.87. The molecule has 13 heavy (non-hydrogen) atoms. The molecule has 0 fully saturated rings. The third kappa shape index (κ3) is 9.87. The SMILES string of the molecule is CC(C)=CCCC(C)=CCC=CI. The van der Waals surface area contributed by atoms with E-state index in [0.717, 1.165) is 6.42 Å². The van der Waals surface area contributed by atoms with E-state index in [2.05, 4.69) is 65.7 Å². The van der Waals surface area contributed by atoms with Gasteiger partial charge in [0.05, 0.1) is 0 Å². The lowest BCUT2D eigenvalue weighted by Gasteiger charge is -1.97. The minimum absolute atomic E-state index is 1.07. The first-order valence-electron chi connectivity index (χ1n) is 4.71. The summed E-state index contributed by atoms with van der Waals surface area (Å²) in [7, 11) is 0. The van der Waals surface area contributed by atoms with E-state index in [0.29, 0.717) is 0 Å². The summed E-state index contributed by atoms with van der Waals surface area (Å²) >= 11 is 2.25. The van der Waals surface area contributed by atoms with Crippen LogP contribution in [-0.2, 0) is 0 Å². The maximum Gasteiger partial charge on any atom is -0.0159 e. The topological polar surface area (TPSA) is 0 Å². The smallest absolute Gasteiger partial charge is 0.0159 e. The van der Waals surface area contributed by atoms with Crippen LogP contribution in [0, 0.1) is 0 Å². The summed E-state index contributed by atoms with van der Waals surface area (Å²) in [4.78, 5) is 0. The second kappa shape index (κ2) is 8.54. The van der Waals surface area contributed by atoms with Crippen LogP contribution in [0.3, 0.4) is 0 Å². The first-order valence-corrected chi connectivity index (χ1v) is 5.95. The van der Waals surface area contributed by atoms with Gasteiger partial charge >= 0.3 is 0 Å². The zero-order valence-corrected chi connectivity index (χ0v) is 11.0. The summed E-state index contributed by atoms with van der Waals surface area (Å²) in [5, 5.41) is 0. The van der Waals surface area contributed by atoms with Crippen molar-refractivity contribution in [2.75, 3.05) is 0 Å². The second-order valence-electron chi connectivity index (χ2n) is 3.47. The molecule has 0 aromatic carbocycles. The van der Waals surface area contributed by atoms with Crippen LogP contribution in [0.1, 0.15) is 40.0 Å². The largest absolute Gasteiger partial charge is 0.0856 e. The lowest BCUT2D eigenvalue weighted by molar-refractivity contribution is 0.958. The van der Waals surface area contributed by atoms with Crippen LogP contribution < -0.4 is 0 Å². The molecule has 0 unspecified atom stereocenters. The highest BCUT2D eigenvalue weighted by molar-refractivity contribution is 14.1. The fourth-order valence-electron chi connectivity index (χ4n) is 1.01. The summed E-state index contributed by atoms with van der Waals surface area (Å²) in [6.45, 7) is 6.51. The Morgan fingerprint density at radius 1 is 1.15 bits per heavy atom. The Labute approximate surface area is 95.9 Å². The quantitative estimate of drug-likeness (QED) is 0.493. The summed E-state index contributed by atoms with van der Waals surface area (Å²) < 4.78 is 2.07. The maximum absolute atomic E-state index is 2.30. The highest BCUT2D eigenvalue weighted by Crippen LogP contribution is 2.07. The van der Waals surface area contributed by atoms with Crippen LogP contribution in [0.2, 0.25) is 0 Å². The van der Waals surface area contributed by atoms with Gasteiger partial charge in [0, 0.05) is 0 Å². The Bertz CT molecular complexity index is 205. The molecular formula is C12H19I. The molecule has 0 bridgehead atoms. The first-order chi connectivity index (χ1) is 6.16. The van der Waals surface area contributed by atoms with Gasteiger partial charge in [0.25, 0.3) is 0 Å². The van der Waals surface area contributed by atoms with E-state index >= 15 is 0 Å². The van der Waals surface area contributed by atoms with Gasteiger partial charge in [-0.1, -0.05) is 52.0 Å². The zero-order valence-electron chi connectivity index (χ0n) is 8.81. The number of hydrogen-bond acceptors (Lipinski definition) is 0. The molecule has 0 aliphatic rings. The molecule has 0 radical (unpaired) electrons. The molecule has 1 heteroatoms. The predicted octanol–water partition coefficient (Wildman–Crippen LogP) is 5.02. The monoisotopic (exact) mass is 290 g/mol. The van der Waals surface area contributed by atoms with Gasteiger partial charge in [0.2, 0.25) is 0 Å². The van der Waals surface area contributed by atoms with Gasteiger partial charge in [-0.25, -0.2) is 0 Å². The Kier molecular flexibility index (Phi) is 8.51. The summed E-state index contributed by atoms with van der Waals surface area (Å²) in [5.41, 5.74) is 2.91. The molecule has 74 valence electrons. The van der Waals surface area contributed by atoms with Crippen molar-refractivity contribution in [3.05, 3.63) is 33.5 Å². The summed E-state index contributed by atoms with van der Waals surface area (Å²) in [6, 6.07) is 0. The highest BCUT2D eigenvalue weighted by atomic mass is 127. The van der Waals surface area contributed by atoms with Crippen molar-refractivity contribution in [2.24, 2.45) is 0 Å². The molecule has 0 aromatic rings. The Morgan fingerprint density at radius 2 is 1.85 bits per heavy atom. The van der Waals surface area contributed by atoms with Crippen molar-refractivity contribution < 1.29 is 0 Å². The van der Waals surface area contributed by atoms with Crippen molar-refractivity contribution in [3.8, 4) is 0 Å². The molecule has 0 N–H and O–H groups in total. The van der Waals surface area contributed by atoms with E-state index in [-0.39, 0.29) is 0 Å². The van der Waals surface area contributed by atoms with Crippen LogP contribution >= 0.6 is 22.6 Å². The van der Waals surface area contributed by atoms with Gasteiger partial charge in [-0.05, 0) is 44.1 Å². The molecule has 0 saturated carbocycles. The molecule has 0 saturated heterocycles. The minimum Gasteiger partial charge on any atom is -0.0856 e. The third-order valence-electron chi connectivity index (χ3n) is 1.78. The number of rotatable bonds is 5. The van der Waals surface area contributed by atoms with E-state index in [1.165, 1.54) is 24.0 Å². The van der Waals surface area contributed by atoms with Crippen LogP contribution in [0.5, 0.6) is 0 Å². The second-order valence-corrected chi connectivity index (χ2v) is 4.19. The molecule has 0 rings (SSSR count). The first kappa shape index (κ1) is 12.9. The number of hydrogen-bond donors (Lipinski definition) is 0. The molecule has 0 nitrogen and oxygen atoms in total. The Balaban J connectivity index is 3.67. The Hall–Kier alpha value is -0.0500. The molecular weight excluding hydrogens is 271 g/mol. The summed E-state index contributed by atoms with van der Waals surface area (Å²) in [6.07, 6.45) is 10.2. The van der Waals surface area contributed by atoms with Gasteiger partial charge in [0.1, 0.15) is 0 Å². The molecule has 0 atom stereocenters. The van der Waals surface area contributed by atoms with Gasteiger partial charge in [-0.15, -0.1) is 0 Å². The van der Waals surface area contributed by atoms with Crippen molar-refractivity contribution in [1.29, 1.82) is 0 Å². The van der Waals surface area contributed by atoms with Gasteiger partial charge < -0.3 is 0 Å². The fourth-order valence-corrected chi connectivity index (χ4v) is 1.30. The molecule has 0 heterocycles. The molecule has 0 amide bonds. The predicted molar refractivity (Wildman–Crippen MR) is 70.2 cm³/mol. The Morgan fingerprint density at radius 3 is 2.38 bits per heavy atom. The van der Waals surface area contributed by atoms with Crippen LogP contribution in [0.25, 0.3) is 0 Å². The number of allylic oxidation sites excluding steroid dienone is 5. The van der Waals surface area contributed by atoms with Gasteiger partial charge in [0.15, 0.2) is 0 Å². The van der Waals surface area contributed by atoms with E-state index in [1.54, 1.807) is 0 Å². The zero-order chi connectivity index (χ0) is 10.1. The average Bonchev–Trinajstić information content (AvgIpc) is 2.04. The maximum atomic E-state index is 2.30. The minimum atomic E-state index is 1.07. The molecule has 0 spiro atoms. The van der Waals surface area contributed by atoms with Crippen LogP contribution in [0.15, 0.2) is 33.5 Å². The van der Waals surface area contributed by atoms with Crippen LogP contribution in [-0.4, -0.2) is 0 Å². The number of halogens is 1. The summed E-state index contributed by atoms with van der Waals surface area (Å²) in [5.74, 6) is 0. The lowest BCUT2D eigenvalue weighted by Crippen LogP contribution is -1.76. The lowest BCUT2D eigenvalue weighted by atomic mass is 10.1. The molecule has 0 aromatic heterocycles. The average molecular weight is 290 g/mol. The van der Waals surface area contributed by atoms with Crippen molar-refractivity contribution >= 4 is 22.6 Å². The van der Waals surface area contributed by atoms with Crippen LogP contribution in [0.4, 0.5) is 0 Å². The molecule has 0 aliphatic heterocycles. The van der Waals surface area contributed by atoms with E-state index < -0.39 is 0 Å².